The molecule has 1 aliphatic heterocycles. The number of aromatic nitrogens is 2. The number of anilines is 1. The van der Waals surface area contributed by atoms with E-state index in [0.29, 0.717) is 12.4 Å². The fourth-order valence-corrected chi connectivity index (χ4v) is 3.52. The van der Waals surface area contributed by atoms with E-state index in [0.717, 1.165) is 25.3 Å². The Balaban J connectivity index is 1.68. The van der Waals surface area contributed by atoms with E-state index in [9.17, 15) is 4.79 Å². The third-order valence-electron chi connectivity index (χ3n) is 4.79. The van der Waals surface area contributed by atoms with Crippen molar-refractivity contribution >= 4 is 11.8 Å². The van der Waals surface area contributed by atoms with Gasteiger partial charge in [-0.25, -0.2) is 4.79 Å². The van der Waals surface area contributed by atoms with Crippen LogP contribution >= 0.6 is 0 Å². The molecule has 26 heavy (non-hydrogen) atoms. The molecule has 1 aromatic carbocycles. The standard InChI is InChI=1S/C19H27N5O2/c1-14-11-18(23(2)22-14)21-19(25)20-17-13-24(9-10-26-3)12-16(17)15-7-5-4-6-8-15/h4-8,11,16-17H,9-10,12-13H2,1-3H3,(H2,20,21,25). The summed E-state index contributed by atoms with van der Waals surface area (Å²) < 4.78 is 6.87. The van der Waals surface area contributed by atoms with Gasteiger partial charge in [0.05, 0.1) is 18.3 Å². The maximum absolute atomic E-state index is 12.5. The molecule has 1 fully saturated rings. The largest absolute Gasteiger partial charge is 0.383 e. The Morgan fingerprint density at radius 3 is 2.73 bits per heavy atom. The van der Waals surface area contributed by atoms with Crippen LogP contribution in [-0.2, 0) is 11.8 Å². The highest BCUT2D eigenvalue weighted by Gasteiger charge is 2.34. The van der Waals surface area contributed by atoms with Gasteiger partial charge in [-0.2, -0.15) is 5.10 Å². The van der Waals surface area contributed by atoms with E-state index in [-0.39, 0.29) is 18.0 Å². The van der Waals surface area contributed by atoms with Crippen molar-refractivity contribution in [2.45, 2.75) is 18.9 Å². The lowest BCUT2D eigenvalue weighted by Gasteiger charge is -2.20. The zero-order valence-corrected chi connectivity index (χ0v) is 15.6. The van der Waals surface area contributed by atoms with E-state index in [1.54, 1.807) is 11.8 Å². The molecule has 140 valence electrons. The second kappa shape index (κ2) is 8.33. The molecule has 1 aromatic heterocycles. The zero-order chi connectivity index (χ0) is 18.5. The Kier molecular flexibility index (Phi) is 5.90. The van der Waals surface area contributed by atoms with Crippen molar-refractivity contribution in [1.29, 1.82) is 0 Å². The summed E-state index contributed by atoms with van der Waals surface area (Å²) in [7, 11) is 3.53. The minimum Gasteiger partial charge on any atom is -0.383 e. The van der Waals surface area contributed by atoms with Gasteiger partial charge in [0.15, 0.2) is 0 Å². The third-order valence-corrected chi connectivity index (χ3v) is 4.79. The van der Waals surface area contributed by atoms with Crippen molar-refractivity contribution in [2.24, 2.45) is 7.05 Å². The summed E-state index contributed by atoms with van der Waals surface area (Å²) in [6.07, 6.45) is 0. The van der Waals surface area contributed by atoms with Gasteiger partial charge >= 0.3 is 6.03 Å². The number of ether oxygens (including phenoxy) is 1. The molecule has 2 N–H and O–H groups in total. The highest BCUT2D eigenvalue weighted by atomic mass is 16.5. The van der Waals surface area contributed by atoms with Gasteiger partial charge in [-0.1, -0.05) is 30.3 Å². The molecule has 0 aliphatic carbocycles. The molecule has 1 aliphatic rings. The molecule has 2 heterocycles. The number of carbonyl (C=O) groups excluding carboxylic acids is 1. The second-order valence-corrected chi connectivity index (χ2v) is 6.77. The fourth-order valence-electron chi connectivity index (χ4n) is 3.52. The molecular formula is C19H27N5O2. The highest BCUT2D eigenvalue weighted by molar-refractivity contribution is 5.88. The normalized spacial score (nSPS) is 20.3. The van der Waals surface area contributed by atoms with Gasteiger partial charge in [0, 0.05) is 45.8 Å². The van der Waals surface area contributed by atoms with Crippen LogP contribution in [0.5, 0.6) is 0 Å². The first kappa shape index (κ1) is 18.4. The lowest BCUT2D eigenvalue weighted by atomic mass is 9.94. The fraction of sp³-hybridized carbons (Fsp3) is 0.474. The number of methoxy groups -OCH3 is 1. The van der Waals surface area contributed by atoms with Gasteiger partial charge < -0.3 is 10.1 Å². The summed E-state index contributed by atoms with van der Waals surface area (Å²) in [6, 6.07) is 12.1. The number of carbonyl (C=O) groups is 1. The smallest absolute Gasteiger partial charge is 0.320 e. The molecule has 7 nitrogen and oxygen atoms in total. The number of amides is 2. The van der Waals surface area contributed by atoms with Gasteiger partial charge in [0.1, 0.15) is 5.82 Å². The predicted molar refractivity (Wildman–Crippen MR) is 101 cm³/mol. The summed E-state index contributed by atoms with van der Waals surface area (Å²) >= 11 is 0. The molecule has 0 spiro atoms. The molecule has 1 saturated heterocycles. The number of urea groups is 1. The molecule has 3 rings (SSSR count). The van der Waals surface area contributed by atoms with Crippen molar-refractivity contribution in [1.82, 2.24) is 20.0 Å². The number of nitrogens with zero attached hydrogens (tertiary/aromatic N) is 3. The highest BCUT2D eigenvalue weighted by Crippen LogP contribution is 2.27. The van der Waals surface area contributed by atoms with E-state index >= 15 is 0 Å². The Hall–Kier alpha value is -2.38. The maximum Gasteiger partial charge on any atom is 0.320 e. The first-order valence-corrected chi connectivity index (χ1v) is 8.91. The van der Waals surface area contributed by atoms with E-state index in [1.165, 1.54) is 5.56 Å². The van der Waals surface area contributed by atoms with Crippen LogP contribution in [0, 0.1) is 6.92 Å². The van der Waals surface area contributed by atoms with Crippen LogP contribution in [0.4, 0.5) is 10.6 Å². The van der Waals surface area contributed by atoms with Gasteiger partial charge in [-0.15, -0.1) is 0 Å². The number of likely N-dealkylation sites (tertiary alicyclic amines) is 1. The van der Waals surface area contributed by atoms with Crippen molar-refractivity contribution in [3.05, 3.63) is 47.7 Å². The van der Waals surface area contributed by atoms with Crippen LogP contribution in [-0.4, -0.2) is 60.1 Å². The number of hydrogen-bond acceptors (Lipinski definition) is 4. The maximum atomic E-state index is 12.5. The zero-order valence-electron chi connectivity index (χ0n) is 15.6. The van der Waals surface area contributed by atoms with E-state index < -0.39 is 0 Å². The molecule has 2 atom stereocenters. The van der Waals surface area contributed by atoms with E-state index in [4.69, 9.17) is 4.74 Å². The summed E-state index contributed by atoms with van der Waals surface area (Å²) in [4.78, 5) is 14.9. The second-order valence-electron chi connectivity index (χ2n) is 6.77. The Bertz CT molecular complexity index is 731. The van der Waals surface area contributed by atoms with Crippen LogP contribution in [0.3, 0.4) is 0 Å². The van der Waals surface area contributed by atoms with Gasteiger partial charge in [0.2, 0.25) is 0 Å². The summed E-state index contributed by atoms with van der Waals surface area (Å²) in [6.45, 7) is 5.17. The molecule has 2 amide bonds. The number of aryl methyl sites for hydroxylation is 2. The van der Waals surface area contributed by atoms with Crippen LogP contribution in [0.2, 0.25) is 0 Å². The van der Waals surface area contributed by atoms with Crippen LogP contribution in [0.25, 0.3) is 0 Å². The van der Waals surface area contributed by atoms with Crippen molar-refractivity contribution < 1.29 is 9.53 Å². The first-order chi connectivity index (χ1) is 12.6. The number of rotatable bonds is 6. The van der Waals surface area contributed by atoms with Crippen LogP contribution < -0.4 is 10.6 Å². The average Bonchev–Trinajstić information content (AvgIpc) is 3.16. The lowest BCUT2D eigenvalue weighted by molar-refractivity contribution is 0.159. The predicted octanol–water partition coefficient (Wildman–Crippen LogP) is 1.96. The Labute approximate surface area is 154 Å². The Morgan fingerprint density at radius 1 is 1.31 bits per heavy atom. The molecule has 0 radical (unpaired) electrons. The quantitative estimate of drug-likeness (QED) is 0.829. The number of nitrogens with one attached hydrogen (secondary N) is 2. The lowest BCUT2D eigenvalue weighted by Crippen LogP contribution is -2.42. The minimum atomic E-state index is -0.201. The summed E-state index contributed by atoms with van der Waals surface area (Å²) in [5, 5.41) is 10.3. The van der Waals surface area contributed by atoms with E-state index in [1.807, 2.05) is 38.2 Å². The number of benzene rings is 1. The first-order valence-electron chi connectivity index (χ1n) is 8.91. The Morgan fingerprint density at radius 2 is 2.08 bits per heavy atom. The summed E-state index contributed by atoms with van der Waals surface area (Å²) in [5.41, 5.74) is 2.12. The molecular weight excluding hydrogens is 330 g/mol. The number of hydrogen-bond donors (Lipinski definition) is 2. The SMILES string of the molecule is COCCN1CC(NC(=O)Nc2cc(C)nn2C)C(c2ccccc2)C1. The van der Waals surface area contributed by atoms with Gasteiger partial charge in [-0.3, -0.25) is 14.9 Å². The van der Waals surface area contributed by atoms with Crippen LogP contribution in [0.1, 0.15) is 17.2 Å². The van der Waals surface area contributed by atoms with E-state index in [2.05, 4.69) is 32.8 Å². The van der Waals surface area contributed by atoms with Crippen molar-refractivity contribution in [3.63, 3.8) is 0 Å². The minimum absolute atomic E-state index is 0.0450. The van der Waals surface area contributed by atoms with Crippen molar-refractivity contribution in [3.8, 4) is 0 Å². The van der Waals surface area contributed by atoms with Gasteiger partial charge in [-0.05, 0) is 12.5 Å². The third kappa shape index (κ3) is 4.42. The monoisotopic (exact) mass is 357 g/mol. The average molecular weight is 357 g/mol. The molecule has 0 saturated carbocycles. The van der Waals surface area contributed by atoms with Crippen molar-refractivity contribution in [2.75, 3.05) is 38.7 Å². The summed E-state index contributed by atoms with van der Waals surface area (Å²) in [5.74, 6) is 0.942. The van der Waals surface area contributed by atoms with Gasteiger partial charge in [0.25, 0.3) is 0 Å². The van der Waals surface area contributed by atoms with Crippen LogP contribution in [0.15, 0.2) is 36.4 Å². The molecule has 0 bridgehead atoms. The molecule has 2 aromatic rings. The molecule has 2 unspecified atom stereocenters. The molecule has 7 heteroatoms. The topological polar surface area (TPSA) is 71.4 Å².